The number of halogens is 1. The van der Waals surface area contributed by atoms with Crippen LogP contribution in [0.25, 0.3) is 55.8 Å². The number of aromatic nitrogens is 7. The summed E-state index contributed by atoms with van der Waals surface area (Å²) in [4.78, 5) is 36.4. The van der Waals surface area contributed by atoms with E-state index in [1.54, 1.807) is 37.1 Å². The van der Waals surface area contributed by atoms with Gasteiger partial charge in [-0.1, -0.05) is 19.3 Å². The molecule has 0 aliphatic heterocycles. The van der Waals surface area contributed by atoms with E-state index in [9.17, 15) is 9.18 Å². The third-order valence-electron chi connectivity index (χ3n) is 8.33. The number of aromatic amines is 2. The molecule has 0 unspecified atom stereocenters. The molecule has 0 radical (unpaired) electrons. The average molecular weight is 620 g/mol. The van der Waals surface area contributed by atoms with E-state index >= 15 is 0 Å². The highest BCUT2D eigenvalue weighted by atomic mass is 19.1. The van der Waals surface area contributed by atoms with Gasteiger partial charge in [0.2, 0.25) is 5.91 Å². The van der Waals surface area contributed by atoms with E-state index in [2.05, 4.69) is 35.5 Å². The molecule has 6 aromatic rings. The van der Waals surface area contributed by atoms with Crippen molar-refractivity contribution in [3.8, 4) is 39.7 Å². The van der Waals surface area contributed by atoms with Gasteiger partial charge in [0, 0.05) is 47.4 Å². The van der Waals surface area contributed by atoms with Crippen molar-refractivity contribution in [1.29, 1.82) is 0 Å². The molecule has 5 aromatic heterocycles. The molecule has 1 saturated carbocycles. The minimum atomic E-state index is -0.407. The minimum absolute atomic E-state index is 0.0456. The summed E-state index contributed by atoms with van der Waals surface area (Å²) in [6.45, 7) is 1.14. The molecule has 46 heavy (non-hydrogen) atoms. The summed E-state index contributed by atoms with van der Waals surface area (Å²) in [6.07, 6.45) is 13.7. The second-order valence-electron chi connectivity index (χ2n) is 12.0. The van der Waals surface area contributed by atoms with Crippen molar-refractivity contribution in [2.75, 3.05) is 32.6 Å². The van der Waals surface area contributed by atoms with Crippen LogP contribution >= 0.6 is 0 Å². The van der Waals surface area contributed by atoms with Crippen LogP contribution in [0.2, 0.25) is 0 Å². The molecule has 11 nitrogen and oxygen atoms in total. The topological polar surface area (TPSA) is 138 Å². The molecule has 234 valence electrons. The van der Waals surface area contributed by atoms with E-state index < -0.39 is 5.82 Å². The van der Waals surface area contributed by atoms with Gasteiger partial charge < -0.3 is 19.9 Å². The Hall–Kier alpha value is -5.23. The number of pyridine rings is 3. The van der Waals surface area contributed by atoms with Gasteiger partial charge in [-0.2, -0.15) is 5.10 Å². The molecule has 0 atom stereocenters. The molecule has 1 amide bonds. The van der Waals surface area contributed by atoms with Gasteiger partial charge in [0.05, 0.1) is 46.5 Å². The first kappa shape index (κ1) is 29.5. The lowest BCUT2D eigenvalue weighted by Crippen LogP contribution is -2.24. The Balaban J connectivity index is 1.19. The number of H-pyrrole nitrogens is 2. The largest absolute Gasteiger partial charge is 0.492 e. The molecule has 0 spiro atoms. The Labute approximate surface area is 264 Å². The number of hydrogen-bond donors (Lipinski definition) is 3. The number of fused-ring (bicyclic) bond motifs is 2. The van der Waals surface area contributed by atoms with Gasteiger partial charge in [0.25, 0.3) is 0 Å². The zero-order chi connectivity index (χ0) is 31.6. The lowest BCUT2D eigenvalue weighted by atomic mass is 9.88. The standard InChI is InChI=1S/C34H34FN9O2/c1-44(2)8-9-46-25-12-21(10-23(35)13-25)27-17-37-18-30-31(27)41-33(40-30)32-26-14-28(38-19-29(26)42-43-32)22-11-24(16-36-15-22)39-34(45)20-6-4-3-5-7-20/h10-20H,3-9H2,1-2H3,(H,39,45)(H,40,41)(H,42,43). The van der Waals surface area contributed by atoms with Crippen LogP contribution in [0.1, 0.15) is 32.1 Å². The van der Waals surface area contributed by atoms with Gasteiger partial charge in [-0.05, 0) is 56.8 Å². The van der Waals surface area contributed by atoms with E-state index in [0.29, 0.717) is 64.0 Å². The van der Waals surface area contributed by atoms with E-state index in [1.807, 2.05) is 31.1 Å². The molecule has 0 bridgehead atoms. The van der Waals surface area contributed by atoms with Gasteiger partial charge in [0.15, 0.2) is 5.82 Å². The molecule has 0 saturated heterocycles. The first-order valence-corrected chi connectivity index (χ1v) is 15.4. The van der Waals surface area contributed by atoms with Crippen LogP contribution < -0.4 is 10.1 Å². The second kappa shape index (κ2) is 12.6. The summed E-state index contributed by atoms with van der Waals surface area (Å²) in [5, 5.41) is 11.4. The minimum Gasteiger partial charge on any atom is -0.492 e. The average Bonchev–Trinajstić information content (AvgIpc) is 3.69. The van der Waals surface area contributed by atoms with Crippen molar-refractivity contribution in [1.82, 2.24) is 40.0 Å². The SMILES string of the molecule is CN(C)CCOc1cc(F)cc(-c2cncc3[nH]c(-c4n[nH]c5cnc(-c6cncc(NC(=O)C7CCCCC7)c6)cc45)nc23)c1. The van der Waals surface area contributed by atoms with Gasteiger partial charge in [0.1, 0.15) is 23.9 Å². The van der Waals surface area contributed by atoms with Crippen LogP contribution in [0.3, 0.4) is 0 Å². The molecule has 1 aromatic carbocycles. The van der Waals surface area contributed by atoms with Crippen LogP contribution in [0, 0.1) is 11.7 Å². The van der Waals surface area contributed by atoms with Crippen LogP contribution in [-0.4, -0.2) is 73.2 Å². The van der Waals surface area contributed by atoms with E-state index in [4.69, 9.17) is 9.72 Å². The van der Waals surface area contributed by atoms with Crippen LogP contribution in [0.5, 0.6) is 5.75 Å². The number of carbonyl (C=O) groups is 1. The summed E-state index contributed by atoms with van der Waals surface area (Å²) < 4.78 is 20.5. The molecule has 3 N–H and O–H groups in total. The monoisotopic (exact) mass is 619 g/mol. The predicted molar refractivity (Wildman–Crippen MR) is 175 cm³/mol. The Morgan fingerprint density at radius 3 is 2.67 bits per heavy atom. The summed E-state index contributed by atoms with van der Waals surface area (Å²) in [7, 11) is 3.91. The fourth-order valence-electron chi connectivity index (χ4n) is 5.92. The molecular weight excluding hydrogens is 585 g/mol. The Bertz CT molecular complexity index is 2030. The number of hydrogen-bond acceptors (Lipinski definition) is 8. The molecule has 5 heterocycles. The normalized spacial score (nSPS) is 13.9. The number of nitrogens with one attached hydrogen (secondary N) is 3. The van der Waals surface area contributed by atoms with Crippen LogP contribution in [0.4, 0.5) is 10.1 Å². The lowest BCUT2D eigenvalue weighted by molar-refractivity contribution is -0.120. The Kier molecular flexibility index (Phi) is 8.10. The number of ether oxygens (including phenoxy) is 1. The maximum Gasteiger partial charge on any atom is 0.227 e. The number of carbonyl (C=O) groups excluding carboxylic acids is 1. The number of nitrogens with zero attached hydrogens (tertiary/aromatic N) is 6. The highest BCUT2D eigenvalue weighted by molar-refractivity contribution is 5.98. The molecule has 12 heteroatoms. The number of rotatable bonds is 9. The number of likely N-dealkylation sites (N-methyl/N-ethyl adjacent to an activating group) is 1. The van der Waals surface area contributed by atoms with Crippen molar-refractivity contribution >= 4 is 33.5 Å². The third kappa shape index (κ3) is 6.16. The van der Waals surface area contributed by atoms with Gasteiger partial charge in [-0.15, -0.1) is 0 Å². The Morgan fingerprint density at radius 2 is 1.83 bits per heavy atom. The number of benzene rings is 1. The zero-order valence-electron chi connectivity index (χ0n) is 25.7. The fraction of sp³-hybridized carbons (Fsp3) is 0.294. The number of amides is 1. The van der Waals surface area contributed by atoms with E-state index in [-0.39, 0.29) is 11.8 Å². The summed E-state index contributed by atoms with van der Waals surface area (Å²) in [6, 6.07) is 8.43. The van der Waals surface area contributed by atoms with Crippen molar-refractivity contribution < 1.29 is 13.9 Å². The van der Waals surface area contributed by atoms with E-state index in [1.165, 1.54) is 18.6 Å². The summed E-state index contributed by atoms with van der Waals surface area (Å²) in [5.41, 5.74) is 6.00. The van der Waals surface area contributed by atoms with Gasteiger partial charge >= 0.3 is 0 Å². The van der Waals surface area contributed by atoms with Crippen molar-refractivity contribution in [2.45, 2.75) is 32.1 Å². The first-order valence-electron chi connectivity index (χ1n) is 15.4. The number of imidazole rings is 1. The number of anilines is 1. The summed E-state index contributed by atoms with van der Waals surface area (Å²) >= 11 is 0. The van der Waals surface area contributed by atoms with Crippen LogP contribution in [-0.2, 0) is 4.79 Å². The van der Waals surface area contributed by atoms with Gasteiger partial charge in [-0.25, -0.2) is 9.37 Å². The maximum atomic E-state index is 14.7. The fourth-order valence-corrected chi connectivity index (χ4v) is 5.92. The zero-order valence-corrected chi connectivity index (χ0v) is 25.7. The highest BCUT2D eigenvalue weighted by Crippen LogP contribution is 2.34. The quantitative estimate of drug-likeness (QED) is 0.173. The molecule has 1 aliphatic rings. The second-order valence-corrected chi connectivity index (χ2v) is 12.0. The van der Waals surface area contributed by atoms with Crippen molar-refractivity contribution in [2.24, 2.45) is 5.92 Å². The molecule has 1 aliphatic carbocycles. The van der Waals surface area contributed by atoms with E-state index in [0.717, 1.165) is 42.1 Å². The van der Waals surface area contributed by atoms with Crippen LogP contribution in [0.15, 0.2) is 61.3 Å². The Morgan fingerprint density at radius 1 is 0.978 bits per heavy atom. The lowest BCUT2D eigenvalue weighted by Gasteiger charge is -2.20. The molecule has 7 rings (SSSR count). The predicted octanol–water partition coefficient (Wildman–Crippen LogP) is 6.22. The van der Waals surface area contributed by atoms with Crippen molar-refractivity contribution in [3.63, 3.8) is 0 Å². The summed E-state index contributed by atoms with van der Waals surface area (Å²) in [5.74, 6) is 0.650. The van der Waals surface area contributed by atoms with Gasteiger partial charge in [-0.3, -0.25) is 24.8 Å². The first-order chi connectivity index (χ1) is 22.4. The highest BCUT2D eigenvalue weighted by Gasteiger charge is 2.22. The molecular formula is C34H34FN9O2. The van der Waals surface area contributed by atoms with Crippen molar-refractivity contribution in [3.05, 3.63) is 67.1 Å². The smallest absolute Gasteiger partial charge is 0.227 e. The maximum absolute atomic E-state index is 14.7. The third-order valence-corrected chi connectivity index (χ3v) is 8.33. The molecule has 1 fully saturated rings.